The van der Waals surface area contributed by atoms with Crippen LogP contribution < -0.4 is 9.47 Å². The second kappa shape index (κ2) is 10.2. The third-order valence-electron chi connectivity index (χ3n) is 5.81. The molecule has 0 amide bonds. The Bertz CT molecular complexity index is 815. The summed E-state index contributed by atoms with van der Waals surface area (Å²) in [5, 5.41) is 10.1. The van der Waals surface area contributed by atoms with Gasteiger partial charge in [-0.3, -0.25) is 0 Å². The SMILES string of the molecule is CCCCCOc1cc(O)cc(OCc2cc(C(C)(C)C)cc(C(C)(C)CC)c2)c1. The van der Waals surface area contributed by atoms with E-state index in [9.17, 15) is 5.11 Å². The Hall–Kier alpha value is -2.16. The molecule has 0 bridgehead atoms. The molecule has 0 spiro atoms. The van der Waals surface area contributed by atoms with Crippen LogP contribution in [-0.4, -0.2) is 11.7 Å². The van der Waals surface area contributed by atoms with E-state index in [-0.39, 0.29) is 16.6 Å². The molecule has 0 aliphatic carbocycles. The van der Waals surface area contributed by atoms with Crippen LogP contribution in [0, 0.1) is 0 Å². The monoisotopic (exact) mass is 412 g/mol. The van der Waals surface area contributed by atoms with Crippen molar-refractivity contribution in [3.05, 3.63) is 53.1 Å². The Labute approximate surface area is 183 Å². The number of benzene rings is 2. The van der Waals surface area contributed by atoms with Crippen molar-refractivity contribution >= 4 is 0 Å². The molecule has 2 aromatic rings. The van der Waals surface area contributed by atoms with Crippen molar-refractivity contribution in [3.63, 3.8) is 0 Å². The molecular weight excluding hydrogens is 372 g/mol. The van der Waals surface area contributed by atoms with Gasteiger partial charge >= 0.3 is 0 Å². The molecule has 0 aliphatic heterocycles. The molecule has 0 radical (unpaired) electrons. The zero-order valence-corrected chi connectivity index (χ0v) is 20.0. The van der Waals surface area contributed by atoms with Crippen molar-refractivity contribution in [2.75, 3.05) is 6.61 Å². The summed E-state index contributed by atoms with van der Waals surface area (Å²) in [5.41, 5.74) is 3.98. The molecule has 0 heterocycles. The van der Waals surface area contributed by atoms with Gasteiger partial charge in [-0.15, -0.1) is 0 Å². The van der Waals surface area contributed by atoms with Crippen LogP contribution in [0.2, 0.25) is 0 Å². The Morgan fingerprint density at radius 2 is 1.40 bits per heavy atom. The molecule has 0 fully saturated rings. The van der Waals surface area contributed by atoms with E-state index in [4.69, 9.17) is 9.47 Å². The molecule has 3 nitrogen and oxygen atoms in total. The highest BCUT2D eigenvalue weighted by atomic mass is 16.5. The van der Waals surface area contributed by atoms with Crippen molar-refractivity contribution in [2.24, 2.45) is 0 Å². The summed E-state index contributed by atoms with van der Waals surface area (Å²) in [6, 6.07) is 12.0. The Balaban J connectivity index is 2.20. The molecule has 0 unspecified atom stereocenters. The minimum Gasteiger partial charge on any atom is -0.508 e. The van der Waals surface area contributed by atoms with Gasteiger partial charge in [-0.25, -0.2) is 0 Å². The minimum absolute atomic E-state index is 0.0685. The second-order valence-corrected chi connectivity index (χ2v) is 9.91. The molecular formula is C27H40O3. The lowest BCUT2D eigenvalue weighted by Gasteiger charge is -2.28. The van der Waals surface area contributed by atoms with Crippen molar-refractivity contribution < 1.29 is 14.6 Å². The van der Waals surface area contributed by atoms with Crippen molar-refractivity contribution in [3.8, 4) is 17.2 Å². The van der Waals surface area contributed by atoms with Gasteiger partial charge in [-0.05, 0) is 40.4 Å². The van der Waals surface area contributed by atoms with Gasteiger partial charge in [-0.2, -0.15) is 0 Å². The molecule has 0 atom stereocenters. The minimum atomic E-state index is 0.0685. The van der Waals surface area contributed by atoms with E-state index in [0.717, 1.165) is 31.2 Å². The number of phenolic OH excluding ortho intramolecular Hbond substituents is 1. The summed E-state index contributed by atoms with van der Waals surface area (Å²) in [5.74, 6) is 1.43. The highest BCUT2D eigenvalue weighted by Gasteiger charge is 2.22. The molecule has 1 N–H and O–H groups in total. The molecule has 0 aliphatic rings. The van der Waals surface area contributed by atoms with Gasteiger partial charge in [0.25, 0.3) is 0 Å². The molecule has 3 heteroatoms. The summed E-state index contributed by atoms with van der Waals surface area (Å²) in [6.07, 6.45) is 4.38. The molecule has 2 aromatic carbocycles. The number of rotatable bonds is 10. The third kappa shape index (κ3) is 6.97. The maximum Gasteiger partial charge on any atom is 0.127 e. The van der Waals surface area contributed by atoms with Crippen molar-refractivity contribution in [2.45, 2.75) is 91.6 Å². The number of ether oxygens (including phenoxy) is 2. The smallest absolute Gasteiger partial charge is 0.127 e. The molecule has 0 saturated carbocycles. The Morgan fingerprint density at radius 3 is 2.00 bits per heavy atom. The molecule has 2 rings (SSSR count). The van der Waals surface area contributed by atoms with Crippen LogP contribution in [0.15, 0.2) is 36.4 Å². The van der Waals surface area contributed by atoms with E-state index in [2.05, 4.69) is 66.7 Å². The number of hydrogen-bond acceptors (Lipinski definition) is 3. The van der Waals surface area contributed by atoms with E-state index < -0.39 is 0 Å². The molecule has 30 heavy (non-hydrogen) atoms. The van der Waals surface area contributed by atoms with Gasteiger partial charge in [0.2, 0.25) is 0 Å². The number of unbranched alkanes of at least 4 members (excludes halogenated alkanes) is 2. The summed E-state index contributed by atoms with van der Waals surface area (Å²) in [4.78, 5) is 0. The highest BCUT2D eigenvalue weighted by Crippen LogP contribution is 2.33. The molecule has 0 aromatic heterocycles. The van der Waals surface area contributed by atoms with Crippen LogP contribution in [0.3, 0.4) is 0 Å². The van der Waals surface area contributed by atoms with E-state index in [1.54, 1.807) is 12.1 Å². The second-order valence-electron chi connectivity index (χ2n) is 9.91. The number of hydrogen-bond donors (Lipinski definition) is 1. The fourth-order valence-electron chi connectivity index (χ4n) is 3.24. The first kappa shape index (κ1) is 24.1. The fourth-order valence-corrected chi connectivity index (χ4v) is 3.24. The third-order valence-corrected chi connectivity index (χ3v) is 5.81. The van der Waals surface area contributed by atoms with Crippen molar-refractivity contribution in [1.29, 1.82) is 0 Å². The van der Waals surface area contributed by atoms with Crippen LogP contribution in [-0.2, 0) is 17.4 Å². The largest absolute Gasteiger partial charge is 0.508 e. The van der Waals surface area contributed by atoms with Gasteiger partial charge in [0.15, 0.2) is 0 Å². The lowest BCUT2D eigenvalue weighted by atomic mass is 9.77. The summed E-state index contributed by atoms with van der Waals surface area (Å²) < 4.78 is 11.9. The van der Waals surface area contributed by atoms with Gasteiger partial charge < -0.3 is 14.6 Å². The lowest BCUT2D eigenvalue weighted by molar-refractivity contribution is 0.287. The van der Waals surface area contributed by atoms with Crippen LogP contribution in [0.5, 0.6) is 17.2 Å². The van der Waals surface area contributed by atoms with E-state index >= 15 is 0 Å². The normalized spacial score (nSPS) is 12.1. The van der Waals surface area contributed by atoms with E-state index in [0.29, 0.717) is 24.7 Å². The lowest BCUT2D eigenvalue weighted by Crippen LogP contribution is -2.19. The predicted octanol–water partition coefficient (Wildman–Crippen LogP) is 7.53. The van der Waals surface area contributed by atoms with Crippen LogP contribution in [0.1, 0.15) is 90.8 Å². The average molecular weight is 413 g/mol. The Morgan fingerprint density at radius 1 is 0.767 bits per heavy atom. The average Bonchev–Trinajstić information content (AvgIpc) is 2.68. The Kier molecular flexibility index (Phi) is 8.23. The number of aromatic hydroxyl groups is 1. The zero-order chi connectivity index (χ0) is 22.4. The fraction of sp³-hybridized carbons (Fsp3) is 0.556. The maximum absolute atomic E-state index is 10.1. The van der Waals surface area contributed by atoms with E-state index in [1.165, 1.54) is 11.1 Å². The highest BCUT2D eigenvalue weighted by molar-refractivity contribution is 5.42. The first-order valence-electron chi connectivity index (χ1n) is 11.3. The summed E-state index contributed by atoms with van der Waals surface area (Å²) in [6.45, 7) is 16.8. The van der Waals surface area contributed by atoms with Gasteiger partial charge in [0.1, 0.15) is 23.9 Å². The zero-order valence-electron chi connectivity index (χ0n) is 20.0. The molecule has 166 valence electrons. The van der Waals surface area contributed by atoms with Gasteiger partial charge in [-0.1, -0.05) is 79.5 Å². The number of phenols is 1. The summed E-state index contributed by atoms with van der Waals surface area (Å²) >= 11 is 0. The van der Waals surface area contributed by atoms with Gasteiger partial charge in [0, 0.05) is 18.2 Å². The first-order valence-corrected chi connectivity index (χ1v) is 11.3. The standard InChI is InChI=1S/C27H40O3/c1-8-10-11-12-29-24-16-23(28)17-25(18-24)30-19-20-13-21(26(3,4)5)15-22(14-20)27(6,7)9-2/h13-18,28H,8-12,19H2,1-7H3. The predicted molar refractivity (Wildman–Crippen MR) is 126 cm³/mol. The van der Waals surface area contributed by atoms with Crippen LogP contribution in [0.4, 0.5) is 0 Å². The van der Waals surface area contributed by atoms with E-state index in [1.807, 2.05) is 6.07 Å². The quantitative estimate of drug-likeness (QED) is 0.410. The van der Waals surface area contributed by atoms with Crippen LogP contribution >= 0.6 is 0 Å². The maximum atomic E-state index is 10.1. The topological polar surface area (TPSA) is 38.7 Å². The van der Waals surface area contributed by atoms with Crippen LogP contribution in [0.25, 0.3) is 0 Å². The first-order chi connectivity index (χ1) is 14.0. The summed E-state index contributed by atoms with van der Waals surface area (Å²) in [7, 11) is 0. The van der Waals surface area contributed by atoms with Gasteiger partial charge in [0.05, 0.1) is 6.61 Å². The van der Waals surface area contributed by atoms with Crippen molar-refractivity contribution in [1.82, 2.24) is 0 Å². The molecule has 0 saturated heterocycles.